The minimum absolute atomic E-state index is 0.0666. The summed E-state index contributed by atoms with van der Waals surface area (Å²) in [6, 6.07) is 4.69. The van der Waals surface area contributed by atoms with Crippen molar-refractivity contribution in [1.82, 2.24) is 19.5 Å². The van der Waals surface area contributed by atoms with Gasteiger partial charge in [0.05, 0.1) is 23.9 Å². The van der Waals surface area contributed by atoms with E-state index in [2.05, 4.69) is 20.5 Å². The molecule has 1 saturated heterocycles. The summed E-state index contributed by atoms with van der Waals surface area (Å²) in [5.74, 6) is -0.0564. The number of nitrogens with one attached hydrogen (secondary N) is 2. The Kier molecular flexibility index (Phi) is 5.99. The Morgan fingerprint density at radius 3 is 2.81 bits per heavy atom. The lowest BCUT2D eigenvalue weighted by Gasteiger charge is -2.26. The molecule has 2 heterocycles. The molecule has 4 N–H and O–H groups in total. The Bertz CT molecular complexity index is 924. The third kappa shape index (κ3) is 4.77. The molecule has 0 unspecified atom stereocenters. The number of carbonyl (C=O) groups is 1. The van der Waals surface area contributed by atoms with E-state index in [1.54, 1.807) is 19.1 Å². The van der Waals surface area contributed by atoms with Crippen LogP contribution in [0.5, 0.6) is 0 Å². The van der Waals surface area contributed by atoms with Crippen molar-refractivity contribution < 1.29 is 17.9 Å². The molecule has 1 fully saturated rings. The lowest BCUT2D eigenvalue weighted by atomic mass is 10.2. The van der Waals surface area contributed by atoms with Crippen LogP contribution in [0.4, 0.5) is 11.6 Å². The van der Waals surface area contributed by atoms with E-state index in [4.69, 9.17) is 10.5 Å². The van der Waals surface area contributed by atoms with Gasteiger partial charge in [-0.1, -0.05) is 17.8 Å². The molecule has 2 aromatic rings. The molecule has 0 aliphatic carbocycles. The minimum Gasteiger partial charge on any atom is -0.379 e. The topological polar surface area (TPSA) is 143 Å². The zero-order valence-corrected chi connectivity index (χ0v) is 16.3. The summed E-state index contributed by atoms with van der Waals surface area (Å²) >= 11 is 1.12. The van der Waals surface area contributed by atoms with Crippen LogP contribution in [0.3, 0.4) is 0 Å². The van der Waals surface area contributed by atoms with Crippen molar-refractivity contribution in [3.05, 3.63) is 23.8 Å². The van der Waals surface area contributed by atoms with Crippen LogP contribution in [-0.4, -0.2) is 65.9 Å². The first-order valence-corrected chi connectivity index (χ1v) is 10.6. The number of nitrogens with two attached hydrogens (primary N) is 1. The Balaban J connectivity index is 1.70. The highest BCUT2D eigenvalue weighted by Crippen LogP contribution is 2.24. The first-order chi connectivity index (χ1) is 12.9. The van der Waals surface area contributed by atoms with Gasteiger partial charge in [-0.2, -0.15) is 9.29 Å². The van der Waals surface area contributed by atoms with E-state index >= 15 is 0 Å². The highest BCUT2D eigenvalue weighted by atomic mass is 32.2. The first-order valence-electron chi connectivity index (χ1n) is 8.15. The number of aromatic amines is 1. The van der Waals surface area contributed by atoms with Gasteiger partial charge in [0, 0.05) is 18.8 Å². The van der Waals surface area contributed by atoms with Crippen LogP contribution in [0.1, 0.15) is 5.56 Å². The van der Waals surface area contributed by atoms with E-state index in [9.17, 15) is 13.2 Å². The predicted molar refractivity (Wildman–Crippen MR) is 101 cm³/mol. The van der Waals surface area contributed by atoms with E-state index < -0.39 is 10.0 Å². The lowest BCUT2D eigenvalue weighted by Crippen LogP contribution is -2.40. The van der Waals surface area contributed by atoms with Crippen molar-refractivity contribution in [2.45, 2.75) is 17.0 Å². The second kappa shape index (κ2) is 8.25. The van der Waals surface area contributed by atoms with E-state index in [0.29, 0.717) is 37.1 Å². The molecule has 1 amide bonds. The molecule has 10 nitrogen and oxygen atoms in total. The van der Waals surface area contributed by atoms with Gasteiger partial charge >= 0.3 is 0 Å². The fourth-order valence-electron chi connectivity index (χ4n) is 2.47. The average Bonchev–Trinajstić information content (AvgIpc) is 3.08. The molecule has 27 heavy (non-hydrogen) atoms. The van der Waals surface area contributed by atoms with E-state index in [1.807, 2.05) is 0 Å². The highest BCUT2D eigenvalue weighted by molar-refractivity contribution is 7.99. The second-order valence-corrected chi connectivity index (χ2v) is 8.71. The van der Waals surface area contributed by atoms with Crippen molar-refractivity contribution in [2.24, 2.45) is 0 Å². The quantitative estimate of drug-likeness (QED) is 0.580. The number of morpholine rings is 1. The summed E-state index contributed by atoms with van der Waals surface area (Å²) in [4.78, 5) is 16.2. The number of nitrogen functional groups attached to an aromatic ring is 1. The summed E-state index contributed by atoms with van der Waals surface area (Å²) < 4.78 is 32.1. The molecule has 1 aromatic heterocycles. The van der Waals surface area contributed by atoms with Gasteiger partial charge in [-0.25, -0.2) is 13.5 Å². The van der Waals surface area contributed by atoms with Crippen molar-refractivity contribution in [3.8, 4) is 0 Å². The highest BCUT2D eigenvalue weighted by Gasteiger charge is 2.26. The van der Waals surface area contributed by atoms with Gasteiger partial charge in [0.2, 0.25) is 27.0 Å². The number of hydrogen-bond acceptors (Lipinski definition) is 8. The predicted octanol–water partition coefficient (Wildman–Crippen LogP) is 0.447. The molecule has 1 aliphatic heterocycles. The minimum atomic E-state index is -3.63. The van der Waals surface area contributed by atoms with Crippen LogP contribution in [0.2, 0.25) is 0 Å². The second-order valence-electron chi connectivity index (χ2n) is 5.83. The smallest absolute Gasteiger partial charge is 0.243 e. The number of hydrogen-bond donors (Lipinski definition) is 3. The number of anilines is 2. The zero-order valence-electron chi connectivity index (χ0n) is 14.6. The molecule has 0 radical (unpaired) electrons. The summed E-state index contributed by atoms with van der Waals surface area (Å²) in [5, 5.41) is 9.43. The van der Waals surface area contributed by atoms with Crippen LogP contribution in [-0.2, 0) is 19.6 Å². The Hall–Kier alpha value is -2.15. The summed E-state index contributed by atoms with van der Waals surface area (Å²) in [7, 11) is -3.63. The number of sulfonamides is 1. The Morgan fingerprint density at radius 1 is 1.41 bits per heavy atom. The number of thioether (sulfide) groups is 1. The van der Waals surface area contributed by atoms with Gasteiger partial charge < -0.3 is 15.8 Å². The van der Waals surface area contributed by atoms with Crippen molar-refractivity contribution >= 4 is 39.3 Å². The Morgan fingerprint density at radius 2 is 2.15 bits per heavy atom. The molecule has 3 rings (SSSR count). The summed E-state index contributed by atoms with van der Waals surface area (Å²) in [6.45, 7) is 3.17. The van der Waals surface area contributed by atoms with E-state index in [-0.39, 0.29) is 22.5 Å². The number of benzene rings is 1. The maximum Gasteiger partial charge on any atom is 0.243 e. The van der Waals surface area contributed by atoms with Crippen LogP contribution >= 0.6 is 11.8 Å². The fourth-order valence-corrected chi connectivity index (χ4v) is 4.51. The number of nitrogens with zero attached hydrogens (tertiary/aromatic N) is 3. The molecule has 146 valence electrons. The number of carbonyl (C=O) groups excluding carboxylic acids is 1. The lowest BCUT2D eigenvalue weighted by molar-refractivity contribution is -0.113. The number of ether oxygens (including phenoxy) is 1. The maximum atomic E-state index is 12.8. The van der Waals surface area contributed by atoms with Crippen LogP contribution < -0.4 is 11.1 Å². The first kappa shape index (κ1) is 19.6. The van der Waals surface area contributed by atoms with Crippen molar-refractivity contribution in [3.63, 3.8) is 0 Å². The van der Waals surface area contributed by atoms with Crippen LogP contribution in [0.25, 0.3) is 0 Å². The molecular weight excluding hydrogens is 392 g/mol. The van der Waals surface area contributed by atoms with Gasteiger partial charge in [0.25, 0.3) is 0 Å². The number of aryl methyl sites for hydroxylation is 1. The third-order valence-electron chi connectivity index (χ3n) is 3.91. The maximum absolute atomic E-state index is 12.8. The zero-order chi connectivity index (χ0) is 19.4. The fraction of sp³-hybridized carbons (Fsp3) is 0.400. The molecule has 1 aromatic carbocycles. The summed E-state index contributed by atoms with van der Waals surface area (Å²) in [5.41, 5.74) is 6.64. The normalized spacial score (nSPS) is 15.6. The average molecular weight is 412 g/mol. The van der Waals surface area contributed by atoms with E-state index in [0.717, 1.165) is 17.3 Å². The molecule has 1 aliphatic rings. The number of aromatic nitrogens is 3. The largest absolute Gasteiger partial charge is 0.379 e. The molecule has 0 bridgehead atoms. The van der Waals surface area contributed by atoms with Gasteiger partial charge in [0.1, 0.15) is 0 Å². The Labute approximate surface area is 160 Å². The SMILES string of the molecule is Cc1ccc(S(=O)(=O)N2CCOCC2)cc1NC(=O)CSc1n[nH]c(N)n1. The standard InChI is InChI=1S/C15H20N6O4S2/c1-10-2-3-11(27(23,24)21-4-6-25-7-5-21)8-12(10)17-13(22)9-26-15-18-14(16)19-20-15/h2-3,8H,4-7,9H2,1H3,(H,17,22)(H3,16,18,19,20). The van der Waals surface area contributed by atoms with Crippen molar-refractivity contribution in [1.29, 1.82) is 0 Å². The molecule has 12 heteroatoms. The number of H-pyrrole nitrogens is 1. The molecular formula is C15H20N6O4S2. The van der Waals surface area contributed by atoms with Gasteiger partial charge in [-0.05, 0) is 24.6 Å². The van der Waals surface area contributed by atoms with Crippen molar-refractivity contribution in [2.75, 3.05) is 43.1 Å². The van der Waals surface area contributed by atoms with Gasteiger partial charge in [0.15, 0.2) is 0 Å². The summed E-state index contributed by atoms with van der Waals surface area (Å²) in [6.07, 6.45) is 0. The van der Waals surface area contributed by atoms with Crippen LogP contribution in [0, 0.1) is 6.92 Å². The number of rotatable bonds is 6. The van der Waals surface area contributed by atoms with Crippen LogP contribution in [0.15, 0.2) is 28.3 Å². The van der Waals surface area contributed by atoms with E-state index in [1.165, 1.54) is 10.4 Å². The van der Waals surface area contributed by atoms with Gasteiger partial charge in [-0.3, -0.25) is 4.79 Å². The number of amides is 1. The molecule has 0 atom stereocenters. The molecule has 0 spiro atoms. The monoisotopic (exact) mass is 412 g/mol. The molecule has 0 saturated carbocycles. The third-order valence-corrected chi connectivity index (χ3v) is 6.65. The van der Waals surface area contributed by atoms with Gasteiger partial charge in [-0.15, -0.1) is 5.10 Å².